The summed E-state index contributed by atoms with van der Waals surface area (Å²) in [5.41, 5.74) is 6.94. The van der Waals surface area contributed by atoms with Gasteiger partial charge in [0, 0.05) is 6.08 Å². The lowest BCUT2D eigenvalue weighted by Crippen LogP contribution is -2.40. The van der Waals surface area contributed by atoms with Crippen molar-refractivity contribution >= 4 is 23.5 Å². The fourth-order valence-corrected chi connectivity index (χ4v) is 3.63. The molecule has 0 aliphatic carbocycles. The van der Waals surface area contributed by atoms with Crippen LogP contribution in [0.5, 0.6) is 0 Å². The summed E-state index contributed by atoms with van der Waals surface area (Å²) in [6.45, 7) is 0.165. The van der Waals surface area contributed by atoms with Crippen molar-refractivity contribution in [2.75, 3.05) is 10.6 Å². The summed E-state index contributed by atoms with van der Waals surface area (Å²) < 4.78 is 14.4. The van der Waals surface area contributed by atoms with Gasteiger partial charge in [-0.2, -0.15) is 0 Å². The van der Waals surface area contributed by atoms with E-state index in [1.54, 1.807) is 0 Å². The van der Waals surface area contributed by atoms with E-state index in [0.29, 0.717) is 5.56 Å². The Hall–Kier alpha value is -4.72. The number of H-pyrrole nitrogens is 1. The molecule has 1 heterocycles. The van der Waals surface area contributed by atoms with Gasteiger partial charge in [-0.3, -0.25) is 24.0 Å². The average molecular weight is 471 g/mol. The number of aromatic nitrogens is 2. The van der Waals surface area contributed by atoms with Crippen LogP contribution in [0.2, 0.25) is 0 Å². The van der Waals surface area contributed by atoms with Gasteiger partial charge in [0.05, 0.1) is 13.1 Å². The number of carbonyl (C=O) groups is 1. The molecule has 0 aliphatic heterocycles. The molecule has 0 saturated carbocycles. The van der Waals surface area contributed by atoms with Gasteiger partial charge in [-0.15, -0.1) is 0 Å². The first-order valence-electron chi connectivity index (χ1n) is 10.9. The van der Waals surface area contributed by atoms with Crippen LogP contribution < -0.4 is 21.9 Å². The normalized spacial score (nSPS) is 11.0. The van der Waals surface area contributed by atoms with Crippen molar-refractivity contribution < 1.29 is 9.18 Å². The van der Waals surface area contributed by atoms with Gasteiger partial charge in [-0.1, -0.05) is 72.8 Å². The van der Waals surface area contributed by atoms with Gasteiger partial charge >= 0.3 is 5.69 Å². The van der Waals surface area contributed by atoms with Crippen LogP contribution in [0.15, 0.2) is 101 Å². The molecule has 4 rings (SSSR count). The number of amides is 1. The predicted octanol–water partition coefficient (Wildman–Crippen LogP) is 3.55. The molecule has 1 amide bonds. The van der Waals surface area contributed by atoms with Crippen LogP contribution in [-0.2, 0) is 17.9 Å². The quantitative estimate of drug-likeness (QED) is 0.403. The Morgan fingerprint density at radius 3 is 2.14 bits per heavy atom. The summed E-state index contributed by atoms with van der Waals surface area (Å²) in [6, 6.07) is 23.9. The summed E-state index contributed by atoms with van der Waals surface area (Å²) in [6.07, 6.45) is 2.80. The molecule has 0 spiro atoms. The summed E-state index contributed by atoms with van der Waals surface area (Å²) in [5.74, 6) is -1.04. The van der Waals surface area contributed by atoms with Gasteiger partial charge in [0.2, 0.25) is 0 Å². The summed E-state index contributed by atoms with van der Waals surface area (Å²) in [7, 11) is 0. The maximum absolute atomic E-state index is 13.3. The van der Waals surface area contributed by atoms with Crippen LogP contribution in [0.4, 0.5) is 15.9 Å². The van der Waals surface area contributed by atoms with Crippen molar-refractivity contribution in [1.82, 2.24) is 9.55 Å². The molecular formula is C27H23FN4O3. The Bertz CT molecular complexity index is 1460. The minimum atomic E-state index is -0.767. The molecule has 3 N–H and O–H groups in total. The van der Waals surface area contributed by atoms with E-state index >= 15 is 0 Å². The number of aromatic amines is 1. The van der Waals surface area contributed by atoms with Crippen LogP contribution in [0, 0.1) is 5.82 Å². The number of anilines is 2. The van der Waals surface area contributed by atoms with Crippen molar-refractivity contribution in [3.63, 3.8) is 0 Å². The lowest BCUT2D eigenvalue weighted by atomic mass is 10.1. The highest BCUT2D eigenvalue weighted by atomic mass is 19.1. The smallest absolute Gasteiger partial charge is 0.330 e. The molecule has 0 atom stereocenters. The summed E-state index contributed by atoms with van der Waals surface area (Å²) in [5, 5.41) is 0. The van der Waals surface area contributed by atoms with Gasteiger partial charge in [0.25, 0.3) is 11.5 Å². The average Bonchev–Trinajstić information content (AvgIpc) is 2.86. The summed E-state index contributed by atoms with van der Waals surface area (Å²) >= 11 is 0. The topological polar surface area (TPSA) is 101 Å². The highest BCUT2D eigenvalue weighted by Crippen LogP contribution is 2.21. The molecule has 0 unspecified atom stereocenters. The Morgan fingerprint density at radius 1 is 0.914 bits per heavy atom. The molecule has 1 aromatic heterocycles. The molecule has 0 radical (unpaired) electrons. The third-order valence-corrected chi connectivity index (χ3v) is 5.41. The lowest BCUT2D eigenvalue weighted by Gasteiger charge is -2.23. The van der Waals surface area contributed by atoms with E-state index in [4.69, 9.17) is 5.73 Å². The maximum atomic E-state index is 13.3. The maximum Gasteiger partial charge on any atom is 0.330 e. The third-order valence-electron chi connectivity index (χ3n) is 5.41. The number of nitrogens with two attached hydrogens (primary N) is 1. The van der Waals surface area contributed by atoms with E-state index in [9.17, 15) is 18.8 Å². The first kappa shape index (κ1) is 23.4. The zero-order chi connectivity index (χ0) is 24.8. The third kappa shape index (κ3) is 5.62. The molecular weight excluding hydrogens is 447 g/mol. The molecule has 0 aliphatic rings. The van der Waals surface area contributed by atoms with Gasteiger partial charge in [0.1, 0.15) is 11.6 Å². The Morgan fingerprint density at radius 2 is 1.51 bits per heavy atom. The summed E-state index contributed by atoms with van der Waals surface area (Å²) in [4.78, 5) is 42.3. The van der Waals surface area contributed by atoms with Crippen LogP contribution in [-0.4, -0.2) is 15.5 Å². The Balaban J connectivity index is 1.77. The van der Waals surface area contributed by atoms with Crippen molar-refractivity contribution in [3.05, 3.63) is 134 Å². The second-order valence-electron chi connectivity index (χ2n) is 7.86. The first-order chi connectivity index (χ1) is 16.9. The number of carbonyl (C=O) groups excluding carboxylic acids is 1. The molecule has 35 heavy (non-hydrogen) atoms. The largest absolute Gasteiger partial charge is 0.383 e. The van der Waals surface area contributed by atoms with Gasteiger partial charge in [-0.25, -0.2) is 9.18 Å². The van der Waals surface area contributed by atoms with Crippen LogP contribution in [0.1, 0.15) is 16.7 Å². The molecule has 4 aromatic rings. The lowest BCUT2D eigenvalue weighted by molar-refractivity contribution is -0.114. The molecule has 3 aromatic carbocycles. The van der Waals surface area contributed by atoms with E-state index in [-0.39, 0.29) is 30.4 Å². The number of benzene rings is 3. The van der Waals surface area contributed by atoms with Crippen molar-refractivity contribution in [2.45, 2.75) is 13.1 Å². The minimum absolute atomic E-state index is 0.0459. The highest BCUT2D eigenvalue weighted by molar-refractivity contribution is 6.05. The standard InChI is InChI=1S/C27H23FN4O3/c28-22-14-11-19(12-15-22)13-16-23(33)31(17-20-7-3-1-4-8-20)24-25(29)32(27(35)30-26(24)34)18-21-9-5-2-6-10-21/h1-16H,17-18,29H2,(H,30,34,35)/b16-13-. The van der Waals surface area contributed by atoms with Gasteiger partial charge < -0.3 is 5.73 Å². The molecule has 8 heteroatoms. The van der Waals surface area contributed by atoms with E-state index < -0.39 is 17.2 Å². The number of nitrogens with one attached hydrogen (secondary N) is 1. The van der Waals surface area contributed by atoms with Crippen molar-refractivity contribution in [1.29, 1.82) is 0 Å². The van der Waals surface area contributed by atoms with Crippen LogP contribution >= 0.6 is 0 Å². The zero-order valence-electron chi connectivity index (χ0n) is 18.7. The Labute approximate surface area is 200 Å². The van der Waals surface area contributed by atoms with Crippen LogP contribution in [0.25, 0.3) is 6.08 Å². The van der Waals surface area contributed by atoms with E-state index in [1.165, 1.54) is 45.9 Å². The number of hydrogen-bond acceptors (Lipinski definition) is 4. The van der Waals surface area contributed by atoms with E-state index in [0.717, 1.165) is 11.1 Å². The molecule has 0 fully saturated rings. The van der Waals surface area contributed by atoms with E-state index in [1.807, 2.05) is 60.7 Å². The van der Waals surface area contributed by atoms with Crippen LogP contribution in [0.3, 0.4) is 0 Å². The molecule has 0 saturated heterocycles. The Kier molecular flexibility index (Phi) is 7.02. The van der Waals surface area contributed by atoms with Crippen molar-refractivity contribution in [3.8, 4) is 0 Å². The number of hydrogen-bond donors (Lipinski definition) is 2. The minimum Gasteiger partial charge on any atom is -0.383 e. The van der Waals surface area contributed by atoms with E-state index in [2.05, 4.69) is 4.98 Å². The number of nitrogen functional groups attached to an aromatic ring is 1. The van der Waals surface area contributed by atoms with Crippen molar-refractivity contribution in [2.24, 2.45) is 0 Å². The van der Waals surface area contributed by atoms with Gasteiger partial charge in [0.15, 0.2) is 5.69 Å². The monoisotopic (exact) mass is 470 g/mol. The number of nitrogens with zero attached hydrogens (tertiary/aromatic N) is 2. The molecule has 0 bridgehead atoms. The second-order valence-corrected chi connectivity index (χ2v) is 7.86. The zero-order valence-corrected chi connectivity index (χ0v) is 18.7. The first-order valence-corrected chi connectivity index (χ1v) is 10.9. The highest BCUT2D eigenvalue weighted by Gasteiger charge is 2.23. The number of halogens is 1. The fraction of sp³-hybridized carbons (Fsp3) is 0.0741. The number of rotatable bonds is 7. The molecule has 7 nitrogen and oxygen atoms in total. The fourth-order valence-electron chi connectivity index (χ4n) is 3.63. The van der Waals surface area contributed by atoms with Gasteiger partial charge in [-0.05, 0) is 34.9 Å². The molecule has 176 valence electrons. The predicted molar refractivity (Wildman–Crippen MR) is 134 cm³/mol. The second kappa shape index (κ2) is 10.5. The SMILES string of the molecule is Nc1c(N(Cc2ccccc2)C(=O)/C=C\c2ccc(F)cc2)c(=O)[nH]c(=O)n1Cc1ccccc1.